The van der Waals surface area contributed by atoms with Crippen molar-refractivity contribution >= 4 is 63.9 Å². The number of rotatable bonds is 9. The van der Waals surface area contributed by atoms with E-state index in [-0.39, 0.29) is 12.2 Å². The lowest BCUT2D eigenvalue weighted by Crippen LogP contribution is -2.41. The van der Waals surface area contributed by atoms with Gasteiger partial charge in [0, 0.05) is 0 Å². The van der Waals surface area contributed by atoms with Crippen LogP contribution in [0.2, 0.25) is 10.0 Å². The maximum Gasteiger partial charge on any atom is 0.338 e. The van der Waals surface area contributed by atoms with Gasteiger partial charge >= 0.3 is 17.9 Å². The van der Waals surface area contributed by atoms with Crippen molar-refractivity contribution in [3.05, 3.63) is 130 Å². The molecule has 5 aromatic rings. The second-order valence-electron chi connectivity index (χ2n) is 9.92. The molecule has 6 rings (SSSR count). The van der Waals surface area contributed by atoms with Crippen molar-refractivity contribution in [1.82, 2.24) is 9.97 Å². The van der Waals surface area contributed by atoms with Gasteiger partial charge in [0.1, 0.15) is 12.7 Å². The molecule has 1 aromatic heterocycles. The van der Waals surface area contributed by atoms with E-state index in [1.165, 1.54) is 0 Å². The smallest absolute Gasteiger partial charge is 0.338 e. The highest BCUT2D eigenvalue weighted by Crippen LogP contribution is 2.38. The highest BCUT2D eigenvalue weighted by Gasteiger charge is 2.51. The monoisotopic (exact) mass is 662 g/mol. The van der Waals surface area contributed by atoms with Crippen LogP contribution in [0.3, 0.4) is 0 Å². The molecule has 0 bridgehead atoms. The number of hydrogen-bond donors (Lipinski definition) is 1. The Kier molecular flexibility index (Phi) is 9.37. The first-order valence-corrected chi connectivity index (χ1v) is 15.4. The van der Waals surface area contributed by atoms with Crippen LogP contribution in [0, 0.1) is 0 Å². The number of imidazole rings is 1. The Morgan fingerprint density at radius 1 is 0.733 bits per heavy atom. The molecule has 4 unspecified atom stereocenters. The lowest BCUT2D eigenvalue weighted by molar-refractivity contribution is -0.0435. The molecule has 1 saturated heterocycles. The van der Waals surface area contributed by atoms with Crippen molar-refractivity contribution in [3.63, 3.8) is 0 Å². The molecule has 0 amide bonds. The zero-order valence-electron chi connectivity index (χ0n) is 23.3. The molecule has 1 aliphatic heterocycles. The van der Waals surface area contributed by atoms with E-state index < -0.39 is 41.7 Å². The van der Waals surface area contributed by atoms with E-state index in [1.807, 2.05) is 0 Å². The quantitative estimate of drug-likeness (QED) is 0.132. The van der Waals surface area contributed by atoms with Crippen LogP contribution in [0.1, 0.15) is 31.1 Å². The first kappa shape index (κ1) is 30.7. The zero-order valence-corrected chi connectivity index (χ0v) is 25.6. The first-order chi connectivity index (χ1) is 21.9. The third kappa shape index (κ3) is 7.15. The minimum atomic E-state index is -1.15. The fourth-order valence-electron chi connectivity index (χ4n) is 4.68. The Labute approximate surface area is 271 Å². The molecule has 0 radical (unpaired) electrons. The number of thioether (sulfide) groups is 1. The van der Waals surface area contributed by atoms with Gasteiger partial charge in [-0.15, -0.1) is 0 Å². The van der Waals surface area contributed by atoms with E-state index in [4.69, 9.17) is 42.1 Å². The number of nitrogens with zero attached hydrogens (tertiary/aromatic N) is 1. The van der Waals surface area contributed by atoms with Gasteiger partial charge in [-0.2, -0.15) is 0 Å². The fraction of sp³-hybridized carbons (Fsp3) is 0.152. The van der Waals surface area contributed by atoms with E-state index in [9.17, 15) is 14.4 Å². The fourth-order valence-corrected chi connectivity index (χ4v) is 6.09. The number of aromatic amines is 1. The van der Waals surface area contributed by atoms with Crippen LogP contribution in [-0.4, -0.2) is 58.2 Å². The van der Waals surface area contributed by atoms with Crippen molar-refractivity contribution in [2.45, 2.75) is 28.9 Å². The minimum absolute atomic E-state index is 0.285. The number of aromatic nitrogens is 2. The van der Waals surface area contributed by atoms with E-state index >= 15 is 0 Å². The SMILES string of the molecule is O=C(OCC1OC(Sc2nc3cc(Cl)c(Cl)cc3[nH]2)C(OC(=O)c2ccccc2)C1OC(=O)c1ccccc1)c1ccccc1. The molecule has 0 aliphatic carbocycles. The van der Waals surface area contributed by atoms with Crippen molar-refractivity contribution < 1.29 is 33.3 Å². The number of ether oxygens (including phenoxy) is 4. The molecule has 0 spiro atoms. The molecule has 228 valence electrons. The Bertz CT molecular complexity index is 1780. The average molecular weight is 664 g/mol. The van der Waals surface area contributed by atoms with Crippen molar-refractivity contribution in [1.29, 1.82) is 0 Å². The summed E-state index contributed by atoms with van der Waals surface area (Å²) in [5.74, 6) is -1.91. The predicted octanol–water partition coefficient (Wildman–Crippen LogP) is 6.99. The predicted molar refractivity (Wildman–Crippen MR) is 169 cm³/mol. The molecule has 4 atom stereocenters. The van der Waals surface area contributed by atoms with Crippen LogP contribution in [0.4, 0.5) is 0 Å². The number of esters is 3. The van der Waals surface area contributed by atoms with Crippen LogP contribution in [0.15, 0.2) is 108 Å². The van der Waals surface area contributed by atoms with Crippen LogP contribution in [0.5, 0.6) is 0 Å². The third-order valence-corrected chi connectivity index (χ3v) is 8.64. The molecule has 1 fully saturated rings. The molecule has 4 aromatic carbocycles. The second-order valence-corrected chi connectivity index (χ2v) is 11.8. The molecular formula is C33H24Cl2N2O7S. The van der Waals surface area contributed by atoms with Gasteiger partial charge in [-0.1, -0.05) is 89.6 Å². The van der Waals surface area contributed by atoms with E-state index in [2.05, 4.69) is 9.97 Å². The lowest BCUT2D eigenvalue weighted by Gasteiger charge is -2.24. The number of benzene rings is 4. The van der Waals surface area contributed by atoms with E-state index in [0.29, 0.717) is 37.4 Å². The summed E-state index contributed by atoms with van der Waals surface area (Å²) in [6.45, 7) is -0.289. The van der Waals surface area contributed by atoms with Crippen LogP contribution >= 0.6 is 35.0 Å². The average Bonchev–Trinajstić information content (AvgIpc) is 3.60. The van der Waals surface area contributed by atoms with Gasteiger partial charge in [0.05, 0.1) is 37.8 Å². The van der Waals surface area contributed by atoms with E-state index in [0.717, 1.165) is 11.8 Å². The van der Waals surface area contributed by atoms with Gasteiger partial charge in [0.25, 0.3) is 0 Å². The molecule has 0 saturated carbocycles. The number of carbonyl (C=O) groups excluding carboxylic acids is 3. The highest BCUT2D eigenvalue weighted by molar-refractivity contribution is 7.99. The third-order valence-electron chi connectivity index (χ3n) is 6.89. The number of nitrogens with one attached hydrogen (secondary N) is 1. The van der Waals surface area contributed by atoms with Gasteiger partial charge in [0.15, 0.2) is 22.8 Å². The number of halogens is 2. The summed E-state index contributed by atoms with van der Waals surface area (Å²) in [4.78, 5) is 47.1. The topological polar surface area (TPSA) is 117 Å². The molecule has 2 heterocycles. The maximum atomic E-state index is 13.3. The summed E-state index contributed by atoms with van der Waals surface area (Å²) in [6, 6.07) is 28.5. The first-order valence-electron chi connectivity index (χ1n) is 13.8. The molecule has 12 heteroatoms. The summed E-state index contributed by atoms with van der Waals surface area (Å²) in [7, 11) is 0. The zero-order chi connectivity index (χ0) is 31.3. The number of H-pyrrole nitrogens is 1. The van der Waals surface area contributed by atoms with Gasteiger partial charge in [0.2, 0.25) is 0 Å². The van der Waals surface area contributed by atoms with Gasteiger partial charge in [-0.25, -0.2) is 19.4 Å². The Morgan fingerprint density at radius 2 is 1.24 bits per heavy atom. The highest BCUT2D eigenvalue weighted by atomic mass is 35.5. The summed E-state index contributed by atoms with van der Waals surface area (Å²) in [5.41, 5.74) is 1.17. The Hall–Kier alpha value is -4.35. The number of hydrogen-bond acceptors (Lipinski definition) is 9. The molecular weight excluding hydrogens is 639 g/mol. The second kappa shape index (κ2) is 13.7. The maximum absolute atomic E-state index is 13.3. The van der Waals surface area contributed by atoms with Crippen LogP contribution < -0.4 is 0 Å². The van der Waals surface area contributed by atoms with Crippen molar-refractivity contribution in [2.24, 2.45) is 0 Å². The summed E-state index contributed by atoms with van der Waals surface area (Å²) in [5, 5.41) is 1.10. The minimum Gasteiger partial charge on any atom is -0.459 e. The normalized spacial score (nSPS) is 19.2. The molecule has 1 aliphatic rings. The standard InChI is InChI=1S/C33H24Cl2N2O7S/c34-22-16-24-25(17-23(22)35)37-33(36-24)45-32-28(44-31(40)21-14-8-3-9-15-21)27(43-30(39)20-12-6-2-7-13-20)26(42-32)18-41-29(38)19-10-4-1-5-11-19/h1-17,26-28,32H,18H2,(H,36,37). The molecule has 1 N–H and O–H groups in total. The van der Waals surface area contributed by atoms with Crippen LogP contribution in [0.25, 0.3) is 11.0 Å². The van der Waals surface area contributed by atoms with Crippen LogP contribution in [-0.2, 0) is 18.9 Å². The number of fused-ring (bicyclic) bond motifs is 1. The summed E-state index contributed by atoms with van der Waals surface area (Å²) in [6.07, 6.45) is -3.28. The number of carbonyl (C=O) groups is 3. The summed E-state index contributed by atoms with van der Waals surface area (Å²) < 4.78 is 23.8. The Morgan fingerprint density at radius 3 is 1.82 bits per heavy atom. The van der Waals surface area contributed by atoms with Gasteiger partial charge < -0.3 is 23.9 Å². The van der Waals surface area contributed by atoms with Crippen molar-refractivity contribution in [3.8, 4) is 0 Å². The molecule has 45 heavy (non-hydrogen) atoms. The largest absolute Gasteiger partial charge is 0.459 e. The van der Waals surface area contributed by atoms with Gasteiger partial charge in [-0.05, 0) is 48.5 Å². The van der Waals surface area contributed by atoms with Gasteiger partial charge in [-0.3, -0.25) is 0 Å². The molecule has 9 nitrogen and oxygen atoms in total. The van der Waals surface area contributed by atoms with E-state index in [1.54, 1.807) is 103 Å². The Balaban J connectivity index is 1.32. The lowest BCUT2D eigenvalue weighted by atomic mass is 10.1. The van der Waals surface area contributed by atoms with Crippen molar-refractivity contribution in [2.75, 3.05) is 6.61 Å². The summed E-state index contributed by atoms with van der Waals surface area (Å²) >= 11 is 13.5.